The third kappa shape index (κ3) is 3.06. The molecule has 0 aliphatic carbocycles. The van der Waals surface area contributed by atoms with E-state index in [1.807, 2.05) is 6.07 Å². The summed E-state index contributed by atoms with van der Waals surface area (Å²) in [5, 5.41) is 3.53. The Morgan fingerprint density at radius 2 is 2.31 bits per heavy atom. The summed E-state index contributed by atoms with van der Waals surface area (Å²) in [6.07, 6.45) is 2.80. The van der Waals surface area contributed by atoms with Crippen molar-refractivity contribution in [3.63, 3.8) is 0 Å². The van der Waals surface area contributed by atoms with Crippen molar-refractivity contribution in [3.8, 4) is 0 Å². The molecule has 1 saturated heterocycles. The third-order valence-electron chi connectivity index (χ3n) is 3.05. The topological polar surface area (TPSA) is 21.3 Å². The van der Waals surface area contributed by atoms with Crippen LogP contribution in [0.1, 0.15) is 31.4 Å². The van der Waals surface area contributed by atoms with E-state index in [1.165, 1.54) is 22.9 Å². The Hall–Kier alpha value is -0.380. The van der Waals surface area contributed by atoms with E-state index in [0.29, 0.717) is 12.1 Å². The van der Waals surface area contributed by atoms with E-state index in [0.717, 1.165) is 13.2 Å². The van der Waals surface area contributed by atoms with Crippen LogP contribution in [0, 0.1) is 0 Å². The Morgan fingerprint density at radius 3 is 3.00 bits per heavy atom. The zero-order valence-electron chi connectivity index (χ0n) is 9.58. The van der Waals surface area contributed by atoms with E-state index in [4.69, 9.17) is 4.74 Å². The van der Waals surface area contributed by atoms with Crippen LogP contribution in [-0.2, 0) is 4.74 Å². The highest BCUT2D eigenvalue weighted by molar-refractivity contribution is 9.10. The van der Waals surface area contributed by atoms with E-state index in [-0.39, 0.29) is 0 Å². The molecule has 1 aliphatic heterocycles. The maximum absolute atomic E-state index is 5.60. The highest BCUT2D eigenvalue weighted by Gasteiger charge is 2.16. The molecule has 1 aromatic carbocycles. The molecule has 1 N–H and O–H groups in total. The van der Waals surface area contributed by atoms with Crippen molar-refractivity contribution in [1.29, 1.82) is 0 Å². The van der Waals surface area contributed by atoms with Crippen molar-refractivity contribution >= 4 is 15.9 Å². The van der Waals surface area contributed by atoms with Crippen molar-refractivity contribution in [2.24, 2.45) is 0 Å². The van der Waals surface area contributed by atoms with Gasteiger partial charge in [0.2, 0.25) is 0 Å². The molecular weight excluding hydrogens is 266 g/mol. The molecule has 3 heteroatoms. The van der Waals surface area contributed by atoms with Gasteiger partial charge in [-0.3, -0.25) is 0 Å². The second-order valence-electron chi connectivity index (χ2n) is 4.29. The minimum Gasteiger partial charge on any atom is -0.377 e. The van der Waals surface area contributed by atoms with Crippen LogP contribution in [0.3, 0.4) is 0 Å². The van der Waals surface area contributed by atoms with E-state index < -0.39 is 0 Å². The van der Waals surface area contributed by atoms with Crippen LogP contribution in [0.2, 0.25) is 0 Å². The monoisotopic (exact) mass is 283 g/mol. The Kier molecular flexibility index (Phi) is 4.38. The summed E-state index contributed by atoms with van der Waals surface area (Å²) in [5.74, 6) is 0. The molecule has 0 spiro atoms. The van der Waals surface area contributed by atoms with Gasteiger partial charge in [-0.15, -0.1) is 0 Å². The standard InChI is InChI=1S/C13H18BrNO/c1-10(12-6-2-3-7-13(12)14)15-9-11-5-4-8-16-11/h2-3,6-7,10-11,15H,4-5,8-9H2,1H3/t10-,11?/m0/s1. The van der Waals surface area contributed by atoms with Crippen LogP contribution in [0.25, 0.3) is 0 Å². The van der Waals surface area contributed by atoms with Crippen LogP contribution in [0.4, 0.5) is 0 Å². The molecule has 1 unspecified atom stereocenters. The van der Waals surface area contributed by atoms with Crippen molar-refractivity contribution in [2.75, 3.05) is 13.2 Å². The van der Waals surface area contributed by atoms with Crippen LogP contribution in [0.5, 0.6) is 0 Å². The van der Waals surface area contributed by atoms with Crippen LogP contribution in [-0.4, -0.2) is 19.3 Å². The lowest BCUT2D eigenvalue weighted by molar-refractivity contribution is 0.108. The fourth-order valence-electron chi connectivity index (χ4n) is 2.05. The van der Waals surface area contributed by atoms with Crippen molar-refractivity contribution in [1.82, 2.24) is 5.32 Å². The Bertz CT molecular complexity index is 336. The highest BCUT2D eigenvalue weighted by Crippen LogP contribution is 2.23. The number of hydrogen-bond donors (Lipinski definition) is 1. The normalized spacial score (nSPS) is 22.2. The first-order valence-corrected chi connectivity index (χ1v) is 6.66. The quantitative estimate of drug-likeness (QED) is 0.916. The maximum atomic E-state index is 5.60. The summed E-state index contributed by atoms with van der Waals surface area (Å²) in [5.41, 5.74) is 1.31. The average Bonchev–Trinajstić information content (AvgIpc) is 2.79. The second kappa shape index (κ2) is 5.80. The fraction of sp³-hybridized carbons (Fsp3) is 0.538. The summed E-state index contributed by atoms with van der Waals surface area (Å²) in [7, 11) is 0. The van der Waals surface area contributed by atoms with E-state index in [2.05, 4.69) is 46.4 Å². The van der Waals surface area contributed by atoms with Gasteiger partial charge < -0.3 is 10.1 Å². The molecular formula is C13H18BrNO. The van der Waals surface area contributed by atoms with Crippen molar-refractivity contribution in [3.05, 3.63) is 34.3 Å². The zero-order valence-corrected chi connectivity index (χ0v) is 11.2. The minimum absolute atomic E-state index is 0.361. The molecule has 1 heterocycles. The molecule has 2 nitrogen and oxygen atoms in total. The lowest BCUT2D eigenvalue weighted by Crippen LogP contribution is -2.28. The first-order valence-electron chi connectivity index (χ1n) is 5.87. The molecule has 1 aliphatic rings. The molecule has 2 atom stereocenters. The number of nitrogens with one attached hydrogen (secondary N) is 1. The average molecular weight is 284 g/mol. The Labute approximate surface area is 106 Å². The molecule has 1 fully saturated rings. The lowest BCUT2D eigenvalue weighted by atomic mass is 10.1. The fourth-order valence-corrected chi connectivity index (χ4v) is 2.68. The number of hydrogen-bond acceptors (Lipinski definition) is 2. The molecule has 1 aromatic rings. The summed E-state index contributed by atoms with van der Waals surface area (Å²) in [6.45, 7) is 4.06. The molecule has 2 rings (SSSR count). The van der Waals surface area contributed by atoms with Gasteiger partial charge in [0.1, 0.15) is 0 Å². The summed E-state index contributed by atoms with van der Waals surface area (Å²) in [4.78, 5) is 0. The van der Waals surface area contributed by atoms with Crippen molar-refractivity contribution in [2.45, 2.75) is 31.9 Å². The molecule has 0 bridgehead atoms. The van der Waals surface area contributed by atoms with Gasteiger partial charge >= 0.3 is 0 Å². The van der Waals surface area contributed by atoms with E-state index in [9.17, 15) is 0 Å². The molecule has 0 amide bonds. The smallest absolute Gasteiger partial charge is 0.0700 e. The molecule has 88 valence electrons. The van der Waals surface area contributed by atoms with Gasteiger partial charge in [0.15, 0.2) is 0 Å². The summed E-state index contributed by atoms with van der Waals surface area (Å²) >= 11 is 3.58. The summed E-state index contributed by atoms with van der Waals surface area (Å²) < 4.78 is 6.76. The molecule has 0 radical (unpaired) electrons. The highest BCUT2D eigenvalue weighted by atomic mass is 79.9. The van der Waals surface area contributed by atoms with Crippen LogP contribution < -0.4 is 5.32 Å². The van der Waals surface area contributed by atoms with Crippen molar-refractivity contribution < 1.29 is 4.74 Å². The van der Waals surface area contributed by atoms with Gasteiger partial charge in [0.25, 0.3) is 0 Å². The number of ether oxygens (including phenoxy) is 1. The number of benzene rings is 1. The van der Waals surface area contributed by atoms with Crippen LogP contribution in [0.15, 0.2) is 28.7 Å². The zero-order chi connectivity index (χ0) is 11.4. The SMILES string of the molecule is C[C@H](NCC1CCCO1)c1ccccc1Br. The maximum Gasteiger partial charge on any atom is 0.0700 e. The lowest BCUT2D eigenvalue weighted by Gasteiger charge is -2.18. The Balaban J connectivity index is 1.87. The number of rotatable bonds is 4. The first-order chi connectivity index (χ1) is 7.77. The predicted octanol–water partition coefficient (Wildman–Crippen LogP) is 3.28. The van der Waals surface area contributed by atoms with E-state index in [1.54, 1.807) is 0 Å². The predicted molar refractivity (Wildman–Crippen MR) is 69.5 cm³/mol. The van der Waals surface area contributed by atoms with E-state index >= 15 is 0 Å². The van der Waals surface area contributed by atoms with Gasteiger partial charge in [-0.1, -0.05) is 34.1 Å². The second-order valence-corrected chi connectivity index (χ2v) is 5.14. The van der Waals surface area contributed by atoms with Crippen LogP contribution >= 0.6 is 15.9 Å². The van der Waals surface area contributed by atoms with Gasteiger partial charge in [-0.25, -0.2) is 0 Å². The molecule has 0 saturated carbocycles. The van der Waals surface area contributed by atoms with Gasteiger partial charge in [-0.2, -0.15) is 0 Å². The largest absolute Gasteiger partial charge is 0.377 e. The molecule has 0 aromatic heterocycles. The Morgan fingerprint density at radius 1 is 1.50 bits per heavy atom. The van der Waals surface area contributed by atoms with Gasteiger partial charge in [-0.05, 0) is 31.4 Å². The van der Waals surface area contributed by atoms with Gasteiger partial charge in [0.05, 0.1) is 6.10 Å². The molecule has 16 heavy (non-hydrogen) atoms. The first kappa shape index (κ1) is 12.1. The number of halogens is 1. The van der Waals surface area contributed by atoms with Gasteiger partial charge in [0, 0.05) is 23.7 Å². The summed E-state index contributed by atoms with van der Waals surface area (Å²) in [6, 6.07) is 8.71. The minimum atomic E-state index is 0.361. The third-order valence-corrected chi connectivity index (χ3v) is 3.77.